The maximum atomic E-state index is 9.93. The minimum atomic E-state index is -0.795. The van der Waals surface area contributed by atoms with E-state index in [1.165, 1.54) is 11.1 Å². The van der Waals surface area contributed by atoms with Gasteiger partial charge < -0.3 is 25.2 Å². The van der Waals surface area contributed by atoms with Crippen molar-refractivity contribution in [3.05, 3.63) is 59.5 Å². The molecule has 3 aromatic heterocycles. The number of thiazole rings is 1. The van der Waals surface area contributed by atoms with Gasteiger partial charge in [-0.3, -0.25) is 4.98 Å². The lowest BCUT2D eigenvalue weighted by Crippen LogP contribution is -2.62. The Morgan fingerprint density at radius 1 is 1.05 bits per heavy atom. The van der Waals surface area contributed by atoms with Crippen LogP contribution in [0.2, 0.25) is 0 Å². The first-order valence-electron chi connectivity index (χ1n) is 13.4. The molecule has 4 heterocycles. The smallest absolute Gasteiger partial charge is 0.225 e. The van der Waals surface area contributed by atoms with Crippen molar-refractivity contribution in [1.29, 1.82) is 0 Å². The topological polar surface area (TPSA) is 114 Å². The SMILES string of the molecule is Cc1ccc(C2(Nc3nc(C)c(-c4nc5cnccc5s4)c(N[C@]45C[C@H](CO)[C@H]4OC(C)(C)O5)n3)CC2)cc1. The molecule has 0 radical (unpaired) electrons. The van der Waals surface area contributed by atoms with Gasteiger partial charge in [-0.2, -0.15) is 4.98 Å². The quantitative estimate of drug-likeness (QED) is 0.291. The Labute approximate surface area is 231 Å². The molecule has 7 rings (SSSR count). The van der Waals surface area contributed by atoms with Crippen molar-refractivity contribution in [3.63, 3.8) is 0 Å². The largest absolute Gasteiger partial charge is 0.396 e. The summed E-state index contributed by atoms with van der Waals surface area (Å²) in [5, 5.41) is 18.0. The standard InChI is InChI=1S/C29H32N6O3S/c1-16-5-7-19(8-6-16)28(10-11-28)35-26-31-17(2)22(25-32-20-14-30-12-9-21(20)39-25)24(33-26)34-29-13-18(15-36)23(29)37-27(3,4)38-29/h5-9,12,14,18,23,36H,10-11,13,15H2,1-4H3,(H2,31,33,34,35)/t18-,23-,29+/m1/s1. The highest BCUT2D eigenvalue weighted by Gasteiger charge is 2.65. The molecule has 1 aliphatic heterocycles. The number of pyridine rings is 1. The molecule has 202 valence electrons. The van der Waals surface area contributed by atoms with Crippen LogP contribution in [0.25, 0.3) is 20.8 Å². The summed E-state index contributed by atoms with van der Waals surface area (Å²) < 4.78 is 13.7. The summed E-state index contributed by atoms with van der Waals surface area (Å²) in [5.74, 6) is 0.409. The van der Waals surface area contributed by atoms with Crippen LogP contribution in [0.3, 0.4) is 0 Å². The van der Waals surface area contributed by atoms with E-state index in [2.05, 4.69) is 46.8 Å². The molecular formula is C29H32N6O3S. The fourth-order valence-corrected chi connectivity index (χ4v) is 6.99. The molecule has 3 N–H and O–H groups in total. The molecule has 9 nitrogen and oxygen atoms in total. The van der Waals surface area contributed by atoms with Gasteiger partial charge in [-0.1, -0.05) is 29.8 Å². The Kier molecular flexibility index (Phi) is 5.51. The second-order valence-corrected chi connectivity index (χ2v) is 12.5. The number of benzene rings is 1. The van der Waals surface area contributed by atoms with Crippen molar-refractivity contribution in [3.8, 4) is 10.6 Å². The summed E-state index contributed by atoms with van der Waals surface area (Å²) in [4.78, 5) is 19.1. The van der Waals surface area contributed by atoms with E-state index in [0.29, 0.717) is 18.2 Å². The van der Waals surface area contributed by atoms with E-state index in [4.69, 9.17) is 24.4 Å². The summed E-state index contributed by atoms with van der Waals surface area (Å²) in [6, 6.07) is 10.6. The fraction of sp³-hybridized carbons (Fsp3) is 0.448. The minimum Gasteiger partial charge on any atom is -0.396 e. The van der Waals surface area contributed by atoms with E-state index in [1.807, 2.05) is 26.8 Å². The predicted molar refractivity (Wildman–Crippen MR) is 150 cm³/mol. The van der Waals surface area contributed by atoms with Crippen LogP contribution in [0, 0.1) is 19.8 Å². The van der Waals surface area contributed by atoms with Crippen LogP contribution in [0.15, 0.2) is 42.7 Å². The maximum absolute atomic E-state index is 9.93. The van der Waals surface area contributed by atoms with Gasteiger partial charge in [0.2, 0.25) is 5.95 Å². The highest BCUT2D eigenvalue weighted by Crippen LogP contribution is 2.53. The molecule has 1 saturated heterocycles. The molecule has 3 aliphatic rings. The monoisotopic (exact) mass is 544 g/mol. The van der Waals surface area contributed by atoms with E-state index in [1.54, 1.807) is 23.7 Å². The number of fused-ring (bicyclic) bond motifs is 2. The molecule has 39 heavy (non-hydrogen) atoms. The molecule has 4 aromatic rings. The van der Waals surface area contributed by atoms with Gasteiger partial charge in [-0.15, -0.1) is 11.3 Å². The lowest BCUT2D eigenvalue weighted by Gasteiger charge is -2.48. The van der Waals surface area contributed by atoms with Gasteiger partial charge in [-0.05, 0) is 52.2 Å². The van der Waals surface area contributed by atoms with Crippen molar-refractivity contribution in [2.45, 2.75) is 70.1 Å². The van der Waals surface area contributed by atoms with Crippen molar-refractivity contribution in [2.24, 2.45) is 5.92 Å². The Hall–Kier alpha value is -3.18. The number of hydrogen-bond acceptors (Lipinski definition) is 10. The Balaban J connectivity index is 1.31. The first-order chi connectivity index (χ1) is 18.7. The molecule has 0 spiro atoms. The van der Waals surface area contributed by atoms with E-state index >= 15 is 0 Å². The second-order valence-electron chi connectivity index (χ2n) is 11.5. The third kappa shape index (κ3) is 4.17. The van der Waals surface area contributed by atoms with Gasteiger partial charge in [0, 0.05) is 25.1 Å². The third-order valence-electron chi connectivity index (χ3n) is 8.06. The molecule has 10 heteroatoms. The van der Waals surface area contributed by atoms with E-state index in [9.17, 15) is 5.11 Å². The highest BCUT2D eigenvalue weighted by atomic mass is 32.1. The zero-order valence-corrected chi connectivity index (χ0v) is 23.3. The van der Waals surface area contributed by atoms with Crippen LogP contribution in [0.1, 0.15) is 49.9 Å². The number of anilines is 2. The van der Waals surface area contributed by atoms with Crippen LogP contribution in [0.5, 0.6) is 0 Å². The van der Waals surface area contributed by atoms with Gasteiger partial charge in [0.05, 0.1) is 27.7 Å². The zero-order valence-electron chi connectivity index (χ0n) is 22.5. The number of nitrogens with zero attached hydrogens (tertiary/aromatic N) is 4. The number of aromatic nitrogens is 4. The van der Waals surface area contributed by atoms with Gasteiger partial charge in [0.1, 0.15) is 22.4 Å². The lowest BCUT2D eigenvalue weighted by atomic mass is 9.74. The minimum absolute atomic E-state index is 0.00643. The third-order valence-corrected chi connectivity index (χ3v) is 9.11. The van der Waals surface area contributed by atoms with Gasteiger partial charge in [-0.25, -0.2) is 9.97 Å². The molecule has 0 amide bonds. The second kappa shape index (κ2) is 8.66. The first kappa shape index (κ1) is 24.8. The van der Waals surface area contributed by atoms with Crippen molar-refractivity contribution in [1.82, 2.24) is 19.9 Å². The van der Waals surface area contributed by atoms with E-state index < -0.39 is 11.5 Å². The summed E-state index contributed by atoms with van der Waals surface area (Å²) in [6.45, 7) is 7.94. The molecule has 1 aromatic carbocycles. The molecular weight excluding hydrogens is 512 g/mol. The average molecular weight is 545 g/mol. The highest BCUT2D eigenvalue weighted by molar-refractivity contribution is 7.21. The number of nitrogens with one attached hydrogen (secondary N) is 2. The van der Waals surface area contributed by atoms with Crippen LogP contribution in [-0.4, -0.2) is 49.3 Å². The van der Waals surface area contributed by atoms with E-state index in [-0.39, 0.29) is 24.2 Å². The lowest BCUT2D eigenvalue weighted by molar-refractivity contribution is -0.152. The summed E-state index contributed by atoms with van der Waals surface area (Å²) >= 11 is 1.59. The van der Waals surface area contributed by atoms with Gasteiger partial charge in [0.15, 0.2) is 11.5 Å². The van der Waals surface area contributed by atoms with E-state index in [0.717, 1.165) is 39.3 Å². The maximum Gasteiger partial charge on any atom is 0.225 e. The zero-order chi connectivity index (χ0) is 27.0. The van der Waals surface area contributed by atoms with Gasteiger partial charge in [0.25, 0.3) is 0 Å². The number of aliphatic hydroxyl groups excluding tert-OH is 1. The van der Waals surface area contributed by atoms with Crippen molar-refractivity contribution in [2.75, 3.05) is 17.2 Å². The van der Waals surface area contributed by atoms with Crippen LogP contribution >= 0.6 is 11.3 Å². The molecule has 0 bridgehead atoms. The summed E-state index contributed by atoms with van der Waals surface area (Å²) in [5.41, 5.74) is 3.99. The molecule has 0 unspecified atom stereocenters. The summed E-state index contributed by atoms with van der Waals surface area (Å²) in [7, 11) is 0. The number of aliphatic hydroxyl groups is 1. The van der Waals surface area contributed by atoms with Crippen molar-refractivity contribution < 1.29 is 14.6 Å². The van der Waals surface area contributed by atoms with Crippen molar-refractivity contribution >= 4 is 33.3 Å². The Bertz CT molecular complexity index is 1530. The number of hydrogen-bond donors (Lipinski definition) is 3. The van der Waals surface area contributed by atoms with Crippen LogP contribution < -0.4 is 10.6 Å². The Morgan fingerprint density at radius 2 is 1.85 bits per heavy atom. The summed E-state index contributed by atoms with van der Waals surface area (Å²) in [6.07, 6.45) is 5.90. The first-order valence-corrected chi connectivity index (χ1v) is 14.2. The van der Waals surface area contributed by atoms with Crippen LogP contribution in [-0.2, 0) is 15.0 Å². The van der Waals surface area contributed by atoms with Gasteiger partial charge >= 0.3 is 0 Å². The molecule has 3 atom stereocenters. The number of aryl methyl sites for hydroxylation is 2. The molecule has 2 saturated carbocycles. The fourth-order valence-electron chi connectivity index (χ4n) is 5.96. The Morgan fingerprint density at radius 3 is 2.56 bits per heavy atom. The predicted octanol–water partition coefficient (Wildman–Crippen LogP) is 5.14. The molecule has 2 aliphatic carbocycles. The van der Waals surface area contributed by atoms with Crippen LogP contribution in [0.4, 0.5) is 11.8 Å². The average Bonchev–Trinajstić information content (AvgIpc) is 3.48. The molecule has 3 fully saturated rings. The number of rotatable bonds is 7. The number of ether oxygens (including phenoxy) is 2. The normalized spacial score (nSPS) is 26.2.